The second kappa shape index (κ2) is 13.3. The maximum Gasteiger partial charge on any atom is 0.247 e. The quantitative estimate of drug-likeness (QED) is 0.243. The van der Waals surface area contributed by atoms with E-state index in [1.54, 1.807) is 11.0 Å². The van der Waals surface area contributed by atoms with Crippen LogP contribution >= 0.6 is 0 Å². The van der Waals surface area contributed by atoms with Crippen LogP contribution in [0.25, 0.3) is 17.0 Å². The van der Waals surface area contributed by atoms with Crippen molar-refractivity contribution in [1.82, 2.24) is 14.8 Å². The van der Waals surface area contributed by atoms with Crippen molar-refractivity contribution in [3.63, 3.8) is 0 Å². The number of nitrogens with one attached hydrogen (secondary N) is 1. The third-order valence-electron chi connectivity index (χ3n) is 6.53. The summed E-state index contributed by atoms with van der Waals surface area (Å²) in [5, 5.41) is 1.18. The van der Waals surface area contributed by atoms with Gasteiger partial charge in [-0.3, -0.25) is 9.59 Å². The van der Waals surface area contributed by atoms with Gasteiger partial charge in [-0.25, -0.2) is 0 Å². The molecule has 4 aromatic rings. The van der Waals surface area contributed by atoms with E-state index in [1.807, 2.05) is 90.0 Å². The first-order chi connectivity index (χ1) is 18.1. The minimum absolute atomic E-state index is 0.0405. The number of amides is 2. The van der Waals surface area contributed by atoms with Gasteiger partial charge >= 0.3 is 0 Å². The van der Waals surface area contributed by atoms with E-state index in [4.69, 9.17) is 0 Å². The fourth-order valence-electron chi connectivity index (χ4n) is 4.41. The first kappa shape index (κ1) is 26.0. The maximum absolute atomic E-state index is 13.6. The number of rotatable bonds is 12. The first-order valence-electron chi connectivity index (χ1n) is 13.0. The number of para-hydroxylation sites is 1. The molecule has 0 aliphatic rings. The molecule has 0 aliphatic heterocycles. The van der Waals surface area contributed by atoms with E-state index in [0.29, 0.717) is 19.6 Å². The smallest absolute Gasteiger partial charge is 0.247 e. The van der Waals surface area contributed by atoms with Gasteiger partial charge in [-0.1, -0.05) is 92.2 Å². The van der Waals surface area contributed by atoms with E-state index >= 15 is 0 Å². The van der Waals surface area contributed by atoms with Crippen molar-refractivity contribution in [1.29, 1.82) is 0 Å². The molecule has 37 heavy (non-hydrogen) atoms. The molecule has 0 saturated heterocycles. The predicted octanol–water partition coefficient (Wildman–Crippen LogP) is 6.08. The van der Waals surface area contributed by atoms with Crippen molar-refractivity contribution < 1.29 is 9.59 Å². The van der Waals surface area contributed by atoms with Crippen molar-refractivity contribution in [2.75, 3.05) is 19.6 Å². The number of hydrogen-bond acceptors (Lipinski definition) is 2. The lowest BCUT2D eigenvalue weighted by atomic mass is 10.1. The molecule has 2 amide bonds. The Morgan fingerprint density at radius 3 is 2.30 bits per heavy atom. The van der Waals surface area contributed by atoms with Gasteiger partial charge in [0, 0.05) is 42.8 Å². The summed E-state index contributed by atoms with van der Waals surface area (Å²) in [5.74, 6) is -0.178. The van der Waals surface area contributed by atoms with Gasteiger partial charge in [0.1, 0.15) is 6.54 Å². The van der Waals surface area contributed by atoms with Crippen LogP contribution in [-0.4, -0.2) is 46.2 Å². The molecule has 190 valence electrons. The summed E-state index contributed by atoms with van der Waals surface area (Å²) in [6, 6.07) is 28.0. The molecule has 0 saturated carbocycles. The first-order valence-corrected chi connectivity index (χ1v) is 13.0. The molecule has 0 unspecified atom stereocenters. The van der Waals surface area contributed by atoms with Gasteiger partial charge in [0.25, 0.3) is 0 Å². The van der Waals surface area contributed by atoms with Crippen LogP contribution < -0.4 is 0 Å². The molecule has 3 aromatic carbocycles. The molecule has 1 heterocycles. The van der Waals surface area contributed by atoms with Crippen molar-refractivity contribution >= 4 is 28.8 Å². The minimum atomic E-state index is -0.137. The molecule has 0 bridgehead atoms. The van der Waals surface area contributed by atoms with Gasteiger partial charge < -0.3 is 14.8 Å². The number of nitrogens with zero attached hydrogens (tertiary/aromatic N) is 2. The topological polar surface area (TPSA) is 56.4 Å². The van der Waals surface area contributed by atoms with Gasteiger partial charge in [-0.2, -0.15) is 0 Å². The summed E-state index contributed by atoms with van der Waals surface area (Å²) < 4.78 is 0. The Labute approximate surface area is 219 Å². The number of benzene rings is 3. The van der Waals surface area contributed by atoms with E-state index in [2.05, 4.69) is 24.0 Å². The zero-order chi connectivity index (χ0) is 25.9. The maximum atomic E-state index is 13.6. The average Bonchev–Trinajstić information content (AvgIpc) is 3.36. The molecule has 5 heteroatoms. The predicted molar refractivity (Wildman–Crippen MR) is 151 cm³/mol. The lowest BCUT2D eigenvalue weighted by Crippen LogP contribution is -2.43. The molecule has 0 radical (unpaired) electrons. The Morgan fingerprint density at radius 1 is 0.838 bits per heavy atom. The summed E-state index contributed by atoms with van der Waals surface area (Å²) >= 11 is 0. The van der Waals surface area contributed by atoms with Crippen LogP contribution in [0, 0.1) is 0 Å². The average molecular weight is 494 g/mol. The van der Waals surface area contributed by atoms with Gasteiger partial charge in [-0.05, 0) is 41.7 Å². The van der Waals surface area contributed by atoms with Gasteiger partial charge in [0.2, 0.25) is 11.8 Å². The van der Waals surface area contributed by atoms with E-state index in [0.717, 1.165) is 35.9 Å². The number of carbonyl (C=O) groups is 2. The highest BCUT2D eigenvalue weighted by molar-refractivity contribution is 5.94. The molecule has 0 fully saturated rings. The number of carbonyl (C=O) groups excluding carboxylic acids is 2. The van der Waals surface area contributed by atoms with E-state index < -0.39 is 0 Å². The normalized spacial score (nSPS) is 11.2. The summed E-state index contributed by atoms with van der Waals surface area (Å²) in [4.78, 5) is 33.6. The van der Waals surface area contributed by atoms with Crippen LogP contribution in [-0.2, 0) is 22.6 Å². The lowest BCUT2D eigenvalue weighted by Gasteiger charge is -2.27. The number of aromatic nitrogens is 1. The second-order valence-corrected chi connectivity index (χ2v) is 9.27. The molecular formula is C32H35N3O2. The van der Waals surface area contributed by atoms with Crippen molar-refractivity contribution in [2.45, 2.75) is 32.7 Å². The molecule has 0 atom stereocenters. The number of H-pyrrole nitrogens is 1. The Bertz CT molecular complexity index is 1310. The van der Waals surface area contributed by atoms with Crippen LogP contribution in [0.15, 0.2) is 97.2 Å². The number of hydrogen-bond donors (Lipinski definition) is 1. The SMILES string of the molecule is CCCCN(CC(=O)N(CCc1c[nH]c2ccccc12)Cc1ccccc1)C(=O)C=Cc1ccccc1. The highest BCUT2D eigenvalue weighted by Crippen LogP contribution is 2.19. The highest BCUT2D eigenvalue weighted by Gasteiger charge is 2.20. The van der Waals surface area contributed by atoms with Crippen LogP contribution in [0.1, 0.15) is 36.5 Å². The van der Waals surface area contributed by atoms with Crippen molar-refractivity contribution in [3.05, 3.63) is 114 Å². The fourth-order valence-corrected chi connectivity index (χ4v) is 4.41. The fraction of sp³-hybridized carbons (Fsp3) is 0.250. The number of aromatic amines is 1. The molecule has 1 N–H and O–H groups in total. The van der Waals surface area contributed by atoms with Crippen molar-refractivity contribution in [3.8, 4) is 0 Å². The van der Waals surface area contributed by atoms with E-state index in [-0.39, 0.29) is 18.4 Å². The van der Waals surface area contributed by atoms with E-state index in [1.165, 1.54) is 10.9 Å². The van der Waals surface area contributed by atoms with Gasteiger partial charge in [-0.15, -0.1) is 0 Å². The van der Waals surface area contributed by atoms with Gasteiger partial charge in [0.15, 0.2) is 0 Å². The monoisotopic (exact) mass is 493 g/mol. The second-order valence-electron chi connectivity index (χ2n) is 9.27. The third-order valence-corrected chi connectivity index (χ3v) is 6.53. The Balaban J connectivity index is 1.49. The summed E-state index contributed by atoms with van der Waals surface area (Å²) in [5.41, 5.74) is 4.32. The zero-order valence-electron chi connectivity index (χ0n) is 21.5. The number of fused-ring (bicyclic) bond motifs is 1. The Hall–Kier alpha value is -4.12. The Morgan fingerprint density at radius 2 is 1.54 bits per heavy atom. The molecule has 0 aliphatic carbocycles. The van der Waals surface area contributed by atoms with Crippen LogP contribution in [0.2, 0.25) is 0 Å². The minimum Gasteiger partial charge on any atom is -0.361 e. The zero-order valence-corrected chi connectivity index (χ0v) is 21.5. The molecule has 4 rings (SSSR count). The lowest BCUT2D eigenvalue weighted by molar-refractivity contribution is -0.138. The third kappa shape index (κ3) is 7.43. The largest absolute Gasteiger partial charge is 0.361 e. The van der Waals surface area contributed by atoms with Crippen LogP contribution in [0.3, 0.4) is 0 Å². The Kier molecular flexibility index (Phi) is 9.30. The summed E-state index contributed by atoms with van der Waals surface area (Å²) in [6.45, 7) is 3.80. The van der Waals surface area contributed by atoms with E-state index in [9.17, 15) is 9.59 Å². The molecule has 5 nitrogen and oxygen atoms in total. The van der Waals surface area contributed by atoms with Crippen LogP contribution in [0.4, 0.5) is 0 Å². The van der Waals surface area contributed by atoms with Gasteiger partial charge in [0.05, 0.1) is 0 Å². The van der Waals surface area contributed by atoms with Crippen molar-refractivity contribution in [2.24, 2.45) is 0 Å². The highest BCUT2D eigenvalue weighted by atomic mass is 16.2. The molecular weight excluding hydrogens is 458 g/mol. The standard InChI is InChI=1S/C32H35N3O2/c1-2-3-21-34(31(36)19-18-26-12-6-4-7-13-26)25-32(37)35(24-27-14-8-5-9-15-27)22-20-28-23-33-30-17-11-10-16-29(28)30/h4-19,23,33H,2-3,20-22,24-25H2,1H3. The van der Waals surface area contributed by atoms with Crippen LogP contribution in [0.5, 0.6) is 0 Å². The number of unbranched alkanes of at least 4 members (excludes halogenated alkanes) is 1. The summed E-state index contributed by atoms with van der Waals surface area (Å²) in [7, 11) is 0. The summed E-state index contributed by atoms with van der Waals surface area (Å²) in [6.07, 6.45) is 7.96. The molecule has 0 spiro atoms. The molecule has 1 aromatic heterocycles.